The van der Waals surface area contributed by atoms with Gasteiger partial charge in [-0.1, -0.05) is 27.7 Å². The number of amides is 1. The Morgan fingerprint density at radius 1 is 1.03 bits per heavy atom. The summed E-state index contributed by atoms with van der Waals surface area (Å²) in [5.41, 5.74) is 1.00. The number of ether oxygens (including phenoxy) is 1. The summed E-state index contributed by atoms with van der Waals surface area (Å²) in [6, 6.07) is 0. The average Bonchev–Trinajstić information content (AvgIpc) is 3.12. The molecule has 0 aromatic rings. The third-order valence-corrected chi connectivity index (χ3v) is 11.3. The second-order valence-electron chi connectivity index (χ2n) is 13.1. The lowest BCUT2D eigenvalue weighted by atomic mass is 9.43. The first-order chi connectivity index (χ1) is 15.8. The molecule has 0 aliphatic heterocycles. The van der Waals surface area contributed by atoms with Gasteiger partial charge in [-0.3, -0.25) is 4.79 Å². The third kappa shape index (κ3) is 5.03. The standard InChI is InChI=1S/C29H51NO3/c1-20(18-30-19-31)11-15-33-14-5-6-22-7-8-25-24-16-21(2)27-17-23(32)9-12-29(27,4)26(24)10-13-28(22,25)3/h19-27,32H,5-18H2,1-4H3,(H,30,31)/t20?,21-,22-,23+,24?,25?,26-,27?,28?,29?/m0/s1. The molecule has 1 amide bonds. The lowest BCUT2D eigenvalue weighted by molar-refractivity contribution is -0.147. The Labute approximate surface area is 203 Å². The van der Waals surface area contributed by atoms with E-state index in [0.29, 0.717) is 16.7 Å². The highest BCUT2D eigenvalue weighted by molar-refractivity contribution is 5.45. The summed E-state index contributed by atoms with van der Waals surface area (Å²) < 4.78 is 5.96. The molecule has 0 spiro atoms. The van der Waals surface area contributed by atoms with E-state index < -0.39 is 0 Å². The molecule has 4 rings (SSSR count). The summed E-state index contributed by atoms with van der Waals surface area (Å²) in [6.07, 6.45) is 14.7. The molecule has 4 aliphatic rings. The van der Waals surface area contributed by atoms with Crippen molar-refractivity contribution in [1.82, 2.24) is 5.32 Å². The number of hydrogen-bond donors (Lipinski definition) is 2. The van der Waals surface area contributed by atoms with Crippen LogP contribution in [0.5, 0.6) is 0 Å². The van der Waals surface area contributed by atoms with Crippen LogP contribution in [0.1, 0.15) is 98.3 Å². The second kappa shape index (κ2) is 10.6. The maximum absolute atomic E-state index is 10.4. The topological polar surface area (TPSA) is 58.6 Å². The van der Waals surface area contributed by atoms with E-state index in [1.807, 2.05) is 0 Å². The van der Waals surface area contributed by atoms with Crippen LogP contribution in [0.15, 0.2) is 0 Å². The van der Waals surface area contributed by atoms with Gasteiger partial charge in [-0.2, -0.15) is 0 Å². The van der Waals surface area contributed by atoms with Crippen molar-refractivity contribution in [3.8, 4) is 0 Å². The van der Waals surface area contributed by atoms with Gasteiger partial charge in [-0.05, 0) is 123 Å². The first-order valence-corrected chi connectivity index (χ1v) is 14.2. The molecule has 4 saturated carbocycles. The minimum Gasteiger partial charge on any atom is -0.393 e. The van der Waals surface area contributed by atoms with E-state index >= 15 is 0 Å². The van der Waals surface area contributed by atoms with Gasteiger partial charge >= 0.3 is 0 Å². The molecular weight excluding hydrogens is 410 g/mol. The molecule has 0 heterocycles. The molecule has 2 N–H and O–H groups in total. The van der Waals surface area contributed by atoms with Gasteiger partial charge < -0.3 is 15.2 Å². The molecule has 190 valence electrons. The summed E-state index contributed by atoms with van der Waals surface area (Å²) >= 11 is 0. The van der Waals surface area contributed by atoms with E-state index in [-0.39, 0.29) is 6.10 Å². The molecule has 10 atom stereocenters. The minimum absolute atomic E-state index is 0.0507. The van der Waals surface area contributed by atoms with Gasteiger partial charge in [0.05, 0.1) is 6.10 Å². The maximum atomic E-state index is 10.4. The van der Waals surface area contributed by atoms with Crippen LogP contribution in [-0.2, 0) is 9.53 Å². The number of rotatable bonds is 10. The summed E-state index contributed by atoms with van der Waals surface area (Å²) in [6.45, 7) is 12.4. The van der Waals surface area contributed by atoms with Gasteiger partial charge in [-0.15, -0.1) is 0 Å². The van der Waals surface area contributed by atoms with Crippen LogP contribution in [0, 0.1) is 52.3 Å². The van der Waals surface area contributed by atoms with Crippen molar-refractivity contribution >= 4 is 6.41 Å². The number of aliphatic hydroxyl groups is 1. The van der Waals surface area contributed by atoms with Gasteiger partial charge in [0.25, 0.3) is 0 Å². The van der Waals surface area contributed by atoms with Crippen molar-refractivity contribution in [3.05, 3.63) is 0 Å². The summed E-state index contributed by atoms with van der Waals surface area (Å²) in [7, 11) is 0. The van der Waals surface area contributed by atoms with E-state index in [1.54, 1.807) is 0 Å². The summed E-state index contributed by atoms with van der Waals surface area (Å²) in [4.78, 5) is 10.4. The molecular formula is C29H51NO3. The second-order valence-corrected chi connectivity index (χ2v) is 13.1. The zero-order valence-electron chi connectivity index (χ0n) is 21.9. The van der Waals surface area contributed by atoms with Crippen molar-refractivity contribution in [2.24, 2.45) is 52.3 Å². The van der Waals surface area contributed by atoms with Gasteiger partial charge in [0.1, 0.15) is 0 Å². The molecule has 0 saturated heterocycles. The molecule has 4 heteroatoms. The number of aliphatic hydroxyl groups excluding tert-OH is 1. The molecule has 0 aromatic heterocycles. The first kappa shape index (κ1) is 25.5. The number of nitrogens with one attached hydrogen (secondary N) is 1. The minimum atomic E-state index is -0.0507. The SMILES string of the molecule is CC(CCOCCC[C@H]1CCC2C3C[C@H](C)C4C[C@H](O)CCC4(C)[C@H]3CCC21C)CNC=O. The highest BCUT2D eigenvalue weighted by Gasteiger charge is 2.61. The zero-order chi connectivity index (χ0) is 23.6. The van der Waals surface area contributed by atoms with Crippen LogP contribution in [0.2, 0.25) is 0 Å². The van der Waals surface area contributed by atoms with Crippen molar-refractivity contribution in [1.29, 1.82) is 0 Å². The Kier molecular flexibility index (Phi) is 8.16. The fraction of sp³-hybridized carbons (Fsp3) is 0.966. The fourth-order valence-corrected chi connectivity index (χ4v) is 9.47. The van der Waals surface area contributed by atoms with Crippen LogP contribution in [0.3, 0.4) is 0 Å². The molecule has 4 nitrogen and oxygen atoms in total. The predicted molar refractivity (Wildman–Crippen MR) is 134 cm³/mol. The van der Waals surface area contributed by atoms with Crippen molar-refractivity contribution in [2.75, 3.05) is 19.8 Å². The molecule has 4 fully saturated rings. The van der Waals surface area contributed by atoms with Crippen molar-refractivity contribution in [3.63, 3.8) is 0 Å². The van der Waals surface area contributed by atoms with Gasteiger partial charge in [0.15, 0.2) is 0 Å². The highest BCUT2D eigenvalue weighted by Crippen LogP contribution is 2.68. The van der Waals surface area contributed by atoms with Crippen LogP contribution in [0.4, 0.5) is 0 Å². The third-order valence-electron chi connectivity index (χ3n) is 11.3. The van der Waals surface area contributed by atoms with Crippen LogP contribution in [-0.4, -0.2) is 37.4 Å². The van der Waals surface area contributed by atoms with Gasteiger partial charge in [0.2, 0.25) is 6.41 Å². The Hall–Kier alpha value is -0.610. The quantitative estimate of drug-likeness (QED) is 0.318. The van der Waals surface area contributed by atoms with E-state index in [1.165, 1.54) is 51.4 Å². The fourth-order valence-electron chi connectivity index (χ4n) is 9.47. The van der Waals surface area contributed by atoms with Crippen LogP contribution >= 0.6 is 0 Å². The Morgan fingerprint density at radius 2 is 1.79 bits per heavy atom. The largest absolute Gasteiger partial charge is 0.393 e. The number of carbonyl (C=O) groups is 1. The lowest BCUT2D eigenvalue weighted by Gasteiger charge is -2.62. The van der Waals surface area contributed by atoms with Crippen LogP contribution in [0.25, 0.3) is 0 Å². The Morgan fingerprint density at radius 3 is 2.58 bits per heavy atom. The van der Waals surface area contributed by atoms with E-state index in [4.69, 9.17) is 4.74 Å². The molecule has 0 radical (unpaired) electrons. The smallest absolute Gasteiger partial charge is 0.207 e. The molecule has 0 bridgehead atoms. The van der Waals surface area contributed by atoms with Gasteiger partial charge in [0, 0.05) is 19.8 Å². The Balaban J connectivity index is 1.28. The highest BCUT2D eigenvalue weighted by atomic mass is 16.5. The zero-order valence-corrected chi connectivity index (χ0v) is 21.9. The Bertz CT molecular complexity index is 655. The number of fused-ring (bicyclic) bond motifs is 5. The summed E-state index contributed by atoms with van der Waals surface area (Å²) in [5, 5.41) is 13.1. The summed E-state index contributed by atoms with van der Waals surface area (Å²) in [5.74, 6) is 5.58. The normalized spacial score (nSPS) is 45.5. The van der Waals surface area contributed by atoms with Crippen molar-refractivity contribution < 1.29 is 14.6 Å². The van der Waals surface area contributed by atoms with E-state index in [2.05, 4.69) is 33.0 Å². The number of carbonyl (C=O) groups excluding carboxylic acids is 1. The van der Waals surface area contributed by atoms with E-state index in [0.717, 1.165) is 80.9 Å². The average molecular weight is 462 g/mol. The van der Waals surface area contributed by atoms with Gasteiger partial charge in [-0.25, -0.2) is 0 Å². The maximum Gasteiger partial charge on any atom is 0.207 e. The van der Waals surface area contributed by atoms with Crippen LogP contribution < -0.4 is 5.32 Å². The molecule has 33 heavy (non-hydrogen) atoms. The molecule has 4 aliphatic carbocycles. The molecule has 6 unspecified atom stereocenters. The van der Waals surface area contributed by atoms with E-state index in [9.17, 15) is 9.90 Å². The number of hydrogen-bond acceptors (Lipinski definition) is 3. The first-order valence-electron chi connectivity index (χ1n) is 14.2. The monoisotopic (exact) mass is 461 g/mol. The lowest BCUT2D eigenvalue weighted by Crippen LogP contribution is -2.56. The molecule has 0 aromatic carbocycles. The predicted octanol–water partition coefficient (Wildman–Crippen LogP) is 5.82. The van der Waals surface area contributed by atoms with Crippen molar-refractivity contribution in [2.45, 2.75) is 104 Å².